The average Bonchev–Trinajstić information content (AvgIpc) is 2.98. The molecule has 0 heterocycles. The maximum atomic E-state index is 12.9. The van der Waals surface area contributed by atoms with Gasteiger partial charge in [0.05, 0.1) is 43.5 Å². The second-order valence-electron chi connectivity index (χ2n) is 22.0. The van der Waals surface area contributed by atoms with E-state index in [4.69, 9.17) is 27.5 Å². The molecule has 0 spiro atoms. The number of carbonyl (C=O) groups is 1. The Kier molecular flexibility index (Phi) is 21.8. The lowest BCUT2D eigenvalue weighted by Crippen LogP contribution is -2.49. The second kappa shape index (κ2) is 21.9. The summed E-state index contributed by atoms with van der Waals surface area (Å²) in [4.78, 5) is 12.9. The molecule has 0 amide bonds. The Bertz CT molecular complexity index is 1140. The van der Waals surface area contributed by atoms with Gasteiger partial charge in [0.25, 0.3) is 0 Å². The van der Waals surface area contributed by atoms with Gasteiger partial charge in [0.2, 0.25) is 8.32 Å². The van der Waals surface area contributed by atoms with E-state index < -0.39 is 50.5 Å². The number of rotatable bonds is 25. The van der Waals surface area contributed by atoms with Crippen LogP contribution in [0, 0.1) is 5.41 Å². The zero-order valence-corrected chi connectivity index (χ0v) is 44.4. The minimum Gasteiger partial charge on any atom is -0.469 e. The van der Waals surface area contributed by atoms with Crippen molar-refractivity contribution in [2.45, 2.75) is 226 Å². The van der Waals surface area contributed by atoms with Crippen LogP contribution in [0.3, 0.4) is 0 Å². The van der Waals surface area contributed by atoms with Crippen LogP contribution in [0.5, 0.6) is 0 Å². The Hall–Kier alpha value is -0.162. The van der Waals surface area contributed by atoms with Crippen molar-refractivity contribution in [1.29, 1.82) is 0 Å². The van der Waals surface area contributed by atoms with E-state index in [1.165, 1.54) is 7.11 Å². The predicted molar refractivity (Wildman–Crippen MR) is 244 cm³/mol. The van der Waals surface area contributed by atoms with Gasteiger partial charge in [-0.05, 0) is 92.5 Å². The zero-order chi connectivity index (χ0) is 43.6. The first kappa shape index (κ1) is 54.8. The molecule has 0 aromatic rings. The highest BCUT2D eigenvalue weighted by atomic mass is 28.4. The summed E-state index contributed by atoms with van der Waals surface area (Å²) in [6.45, 7) is 50.6. The van der Waals surface area contributed by atoms with Crippen LogP contribution in [-0.2, 0) is 32.3 Å². The number of aliphatic hydroxyl groups is 1. The van der Waals surface area contributed by atoms with Crippen molar-refractivity contribution < 1.29 is 37.4 Å². The van der Waals surface area contributed by atoms with Crippen LogP contribution < -0.4 is 0 Å². The van der Waals surface area contributed by atoms with Gasteiger partial charge in [-0.1, -0.05) is 114 Å². The lowest BCUT2D eigenvalue weighted by atomic mass is 9.82. The quantitative estimate of drug-likeness (QED) is 0.0319. The third kappa shape index (κ3) is 17.2. The fourth-order valence-electron chi connectivity index (χ4n) is 6.96. The SMILES string of the molecule is COC(=O)C(C)(C)C(O)C/C(=C/CO[Si](C(C)C)(C(C)C)C(C)C)C[C@@H](C[C@@H](OCOCC[Si](C)(C)C)[C@@H](C)O[Si](C)(C)C(C)(C)C)O[Si](C)(C)C(C)(C)C. The van der Waals surface area contributed by atoms with E-state index in [2.05, 4.69) is 142 Å². The zero-order valence-electron chi connectivity index (χ0n) is 40.4. The van der Waals surface area contributed by atoms with Crippen LogP contribution in [0.15, 0.2) is 11.6 Å². The number of methoxy groups -OCH3 is 1. The number of ether oxygens (including phenoxy) is 3. The summed E-state index contributed by atoms with van der Waals surface area (Å²) in [5, 5.41) is 11.7. The summed E-state index contributed by atoms with van der Waals surface area (Å²) in [6, 6.07) is 1.07. The third-order valence-electron chi connectivity index (χ3n) is 12.8. The molecule has 0 radical (unpaired) electrons. The summed E-state index contributed by atoms with van der Waals surface area (Å²) < 4.78 is 39.2. The largest absolute Gasteiger partial charge is 0.469 e. The molecule has 0 aliphatic heterocycles. The highest BCUT2D eigenvalue weighted by Crippen LogP contribution is 2.43. The molecular weight excluding hydrogens is 757 g/mol. The molecule has 8 nitrogen and oxygen atoms in total. The Labute approximate surface area is 345 Å². The Morgan fingerprint density at radius 3 is 1.62 bits per heavy atom. The fourth-order valence-corrected chi connectivity index (χ4v) is 15.9. The number of aliphatic hydroxyl groups excluding tert-OH is 1. The van der Waals surface area contributed by atoms with Gasteiger partial charge in [-0.3, -0.25) is 4.79 Å². The Balaban J connectivity index is 7.20. The van der Waals surface area contributed by atoms with Crippen molar-refractivity contribution in [2.75, 3.05) is 27.1 Å². The molecule has 0 aromatic heterocycles. The van der Waals surface area contributed by atoms with Crippen LogP contribution in [0.4, 0.5) is 0 Å². The van der Waals surface area contributed by atoms with Crippen molar-refractivity contribution in [2.24, 2.45) is 5.41 Å². The molecular formula is C43H92O8Si4. The third-order valence-corrected chi connectivity index (χ3v) is 29.7. The normalized spacial score (nSPS) is 16.9. The minimum atomic E-state index is -2.29. The van der Waals surface area contributed by atoms with Crippen molar-refractivity contribution in [3.8, 4) is 0 Å². The lowest BCUT2D eigenvalue weighted by Gasteiger charge is -2.43. The number of hydrogen-bond acceptors (Lipinski definition) is 8. The first-order valence-corrected chi connectivity index (χ1v) is 32.9. The summed E-state index contributed by atoms with van der Waals surface area (Å²) in [5.41, 5.74) is 1.24. The molecule has 4 atom stereocenters. The maximum absolute atomic E-state index is 12.9. The van der Waals surface area contributed by atoms with E-state index in [1.807, 2.05) is 0 Å². The van der Waals surface area contributed by atoms with Gasteiger partial charge in [0.1, 0.15) is 6.79 Å². The van der Waals surface area contributed by atoms with Gasteiger partial charge in [-0.2, -0.15) is 0 Å². The summed E-state index contributed by atoms with van der Waals surface area (Å²) in [7, 11) is -6.47. The van der Waals surface area contributed by atoms with Gasteiger partial charge in [0.15, 0.2) is 16.6 Å². The fraction of sp³-hybridized carbons (Fsp3) is 0.930. The van der Waals surface area contributed by atoms with Crippen molar-refractivity contribution in [1.82, 2.24) is 0 Å². The van der Waals surface area contributed by atoms with Crippen molar-refractivity contribution in [3.63, 3.8) is 0 Å². The molecule has 0 aliphatic rings. The minimum absolute atomic E-state index is 0.0266. The molecule has 55 heavy (non-hydrogen) atoms. The highest BCUT2D eigenvalue weighted by Gasteiger charge is 2.46. The molecule has 1 unspecified atom stereocenters. The maximum Gasteiger partial charge on any atom is 0.313 e. The van der Waals surface area contributed by atoms with Crippen LogP contribution in [0.2, 0.25) is 78.6 Å². The van der Waals surface area contributed by atoms with Crippen LogP contribution in [-0.4, -0.2) is 95.6 Å². The van der Waals surface area contributed by atoms with Gasteiger partial charge in [-0.25, -0.2) is 0 Å². The van der Waals surface area contributed by atoms with Crippen LogP contribution >= 0.6 is 0 Å². The standard InChI is InChI=1S/C43H92O8Si4/c1-32(2)55(33(3)4,34(5)6)49-25-24-36(29-39(44)43(14,15)40(45)46-16)28-37(51-54(22,23)42(11,12)13)30-38(48-31-47-26-27-52(17,18)19)35(7)50-53(20,21)41(8,9)10/h24,32-35,37-39,44H,25-31H2,1-23H3/b36-24+/t35-,37+,38-,39?/m1/s1. The first-order valence-electron chi connectivity index (χ1n) is 21.2. The molecule has 328 valence electrons. The summed E-state index contributed by atoms with van der Waals surface area (Å²) in [6.07, 6.45) is 1.94. The monoisotopic (exact) mass is 849 g/mol. The van der Waals surface area contributed by atoms with Gasteiger partial charge < -0.3 is 32.6 Å². The molecule has 0 saturated carbocycles. The molecule has 0 aromatic carbocycles. The summed E-state index contributed by atoms with van der Waals surface area (Å²) in [5.74, 6) is -0.435. The number of esters is 1. The lowest BCUT2D eigenvalue weighted by molar-refractivity contribution is -0.157. The molecule has 0 fully saturated rings. The van der Waals surface area contributed by atoms with E-state index in [0.717, 1.165) is 11.6 Å². The predicted octanol–water partition coefficient (Wildman–Crippen LogP) is 12.3. The molecule has 0 rings (SSSR count). The van der Waals surface area contributed by atoms with E-state index >= 15 is 0 Å². The van der Waals surface area contributed by atoms with E-state index in [9.17, 15) is 9.90 Å². The van der Waals surface area contributed by atoms with Crippen molar-refractivity contribution in [3.05, 3.63) is 11.6 Å². The number of hydrogen-bond donors (Lipinski definition) is 1. The number of carbonyl (C=O) groups excluding carboxylic acids is 1. The van der Waals surface area contributed by atoms with Crippen molar-refractivity contribution >= 4 is 39.0 Å². The van der Waals surface area contributed by atoms with Crippen LogP contribution in [0.1, 0.15) is 123 Å². The van der Waals surface area contributed by atoms with Gasteiger partial charge in [0, 0.05) is 21.1 Å². The average molecular weight is 850 g/mol. The van der Waals surface area contributed by atoms with Crippen LogP contribution in [0.25, 0.3) is 0 Å². The van der Waals surface area contributed by atoms with Gasteiger partial charge >= 0.3 is 5.97 Å². The smallest absolute Gasteiger partial charge is 0.313 e. The van der Waals surface area contributed by atoms with Gasteiger partial charge in [-0.15, -0.1) is 0 Å². The molecule has 1 N–H and O–H groups in total. The van der Waals surface area contributed by atoms with E-state index in [-0.39, 0.29) is 35.2 Å². The molecule has 0 bridgehead atoms. The first-order chi connectivity index (χ1) is 24.6. The topological polar surface area (TPSA) is 92.7 Å². The summed E-state index contributed by atoms with van der Waals surface area (Å²) >= 11 is 0. The molecule has 12 heteroatoms. The highest BCUT2D eigenvalue weighted by molar-refractivity contribution is 6.77. The van der Waals surface area contributed by atoms with E-state index in [1.54, 1.807) is 13.8 Å². The molecule has 0 saturated heterocycles. The Morgan fingerprint density at radius 1 is 0.727 bits per heavy atom. The van der Waals surface area contributed by atoms with E-state index in [0.29, 0.717) is 49.1 Å². The Morgan fingerprint density at radius 2 is 1.20 bits per heavy atom. The second-order valence-corrected chi connectivity index (χ2v) is 42.6. The molecule has 0 aliphatic carbocycles.